The minimum Gasteiger partial charge on any atom is -1.00 e. The zero-order valence-corrected chi connectivity index (χ0v) is 24.1. The van der Waals surface area contributed by atoms with Crippen molar-refractivity contribution in [2.45, 2.75) is 101 Å². The highest BCUT2D eigenvalue weighted by molar-refractivity contribution is 5.74. The lowest BCUT2D eigenvalue weighted by Gasteiger charge is -2.35. The predicted molar refractivity (Wildman–Crippen MR) is 142 cm³/mol. The monoisotopic (exact) mass is 496 g/mol. The van der Waals surface area contributed by atoms with E-state index in [0.717, 1.165) is 18.4 Å². The Labute approximate surface area is 219 Å². The SMILES string of the molecule is Cc1cc2c(cc1C)[n+](Cc1c(C)c(C)cc(C)c1C)cn2CO[C@H]1C[C@H](C(C)C)CC[C@@H]1C.[Cl-]. The minimum atomic E-state index is 0. The molecule has 0 spiro atoms. The topological polar surface area (TPSA) is 18.0 Å². The van der Waals surface area contributed by atoms with E-state index >= 15 is 0 Å². The van der Waals surface area contributed by atoms with Crippen LogP contribution in [0.4, 0.5) is 0 Å². The van der Waals surface area contributed by atoms with E-state index in [2.05, 4.69) is 96.0 Å². The standard InChI is InChI=1S/C31H45N2O.ClH/c1-19(2)27-11-10-20(3)31(15-27)34-18-33-17-32(29-13-21(4)22(5)14-30(29)33)16-28-25(8)23(6)12-24(7)26(28)9;/h12-14,17,19-20,27,31H,10-11,15-16,18H2,1-9H3;1H/q+1;/p-1/t20-,27+,31-;/m0./s1. The second kappa shape index (κ2) is 11.0. The van der Waals surface area contributed by atoms with Crippen LogP contribution in [0.15, 0.2) is 24.5 Å². The highest BCUT2D eigenvalue weighted by Gasteiger charge is 2.31. The predicted octanol–water partition coefficient (Wildman–Crippen LogP) is 4.27. The number of hydrogen-bond donors (Lipinski definition) is 0. The van der Waals surface area contributed by atoms with Gasteiger partial charge in [0.1, 0.15) is 6.54 Å². The number of halogens is 1. The van der Waals surface area contributed by atoms with Crippen molar-refractivity contribution >= 4 is 11.0 Å². The van der Waals surface area contributed by atoms with Crippen molar-refractivity contribution < 1.29 is 21.7 Å². The number of benzene rings is 2. The Balaban J connectivity index is 0.00000342. The van der Waals surface area contributed by atoms with E-state index in [1.165, 1.54) is 69.2 Å². The van der Waals surface area contributed by atoms with Gasteiger partial charge in [-0.2, -0.15) is 0 Å². The van der Waals surface area contributed by atoms with Crippen LogP contribution < -0.4 is 17.0 Å². The van der Waals surface area contributed by atoms with Gasteiger partial charge in [-0.05, 0) is 130 Å². The highest BCUT2D eigenvalue weighted by Crippen LogP contribution is 2.35. The average molecular weight is 497 g/mol. The molecular formula is C31H45ClN2O. The fourth-order valence-electron chi connectivity index (χ4n) is 5.80. The van der Waals surface area contributed by atoms with Gasteiger partial charge in [0, 0.05) is 0 Å². The molecule has 0 bridgehead atoms. The molecule has 1 heterocycles. The van der Waals surface area contributed by atoms with Crippen molar-refractivity contribution in [2.24, 2.45) is 17.8 Å². The number of rotatable bonds is 6. The smallest absolute Gasteiger partial charge is 0.246 e. The molecule has 1 aliphatic rings. The van der Waals surface area contributed by atoms with Gasteiger partial charge in [0.25, 0.3) is 0 Å². The van der Waals surface area contributed by atoms with Crippen LogP contribution in [0.25, 0.3) is 11.0 Å². The fraction of sp³-hybridized carbons (Fsp3) is 0.581. The summed E-state index contributed by atoms with van der Waals surface area (Å²) < 4.78 is 11.4. The summed E-state index contributed by atoms with van der Waals surface area (Å²) in [7, 11) is 0. The Hall–Kier alpha value is -1.84. The number of aromatic nitrogens is 2. The van der Waals surface area contributed by atoms with E-state index < -0.39 is 0 Å². The number of aryl methyl sites for hydroxylation is 4. The van der Waals surface area contributed by atoms with Gasteiger partial charge >= 0.3 is 0 Å². The average Bonchev–Trinajstić information content (AvgIpc) is 3.11. The normalized spacial score (nSPS) is 20.5. The Morgan fingerprint density at radius 3 is 2.17 bits per heavy atom. The first kappa shape index (κ1) is 27.7. The lowest BCUT2D eigenvalue weighted by atomic mass is 9.76. The molecule has 3 atom stereocenters. The largest absolute Gasteiger partial charge is 1.00 e. The number of nitrogens with zero attached hydrogens (tertiary/aromatic N) is 2. The molecule has 35 heavy (non-hydrogen) atoms. The van der Waals surface area contributed by atoms with E-state index in [0.29, 0.717) is 18.8 Å². The van der Waals surface area contributed by atoms with Gasteiger partial charge in [-0.3, -0.25) is 0 Å². The third kappa shape index (κ3) is 5.62. The zero-order valence-electron chi connectivity index (χ0n) is 23.3. The van der Waals surface area contributed by atoms with E-state index in [1.54, 1.807) is 0 Å². The summed E-state index contributed by atoms with van der Waals surface area (Å²) in [5.41, 5.74) is 12.3. The van der Waals surface area contributed by atoms with Crippen molar-refractivity contribution in [1.29, 1.82) is 0 Å². The van der Waals surface area contributed by atoms with Gasteiger partial charge in [-0.25, -0.2) is 9.13 Å². The maximum atomic E-state index is 6.64. The number of imidazole rings is 1. The molecule has 0 unspecified atom stereocenters. The third-order valence-corrected chi connectivity index (χ3v) is 8.87. The van der Waals surface area contributed by atoms with Gasteiger partial charge in [-0.15, -0.1) is 0 Å². The first-order chi connectivity index (χ1) is 16.1. The Kier molecular flexibility index (Phi) is 8.76. The Morgan fingerprint density at radius 1 is 0.914 bits per heavy atom. The maximum absolute atomic E-state index is 6.64. The van der Waals surface area contributed by atoms with E-state index in [-0.39, 0.29) is 12.4 Å². The third-order valence-electron chi connectivity index (χ3n) is 8.87. The Bertz CT molecular complexity index is 1170. The molecule has 1 saturated carbocycles. The van der Waals surface area contributed by atoms with Crippen LogP contribution in [-0.2, 0) is 18.0 Å². The molecule has 4 rings (SSSR count). The van der Waals surface area contributed by atoms with Crippen LogP contribution in [0.5, 0.6) is 0 Å². The fourth-order valence-corrected chi connectivity index (χ4v) is 5.80. The highest BCUT2D eigenvalue weighted by atomic mass is 35.5. The number of hydrogen-bond acceptors (Lipinski definition) is 1. The number of fused-ring (bicyclic) bond motifs is 1. The molecule has 3 aromatic rings. The van der Waals surface area contributed by atoms with Crippen molar-refractivity contribution in [3.05, 3.63) is 63.5 Å². The molecule has 192 valence electrons. The van der Waals surface area contributed by atoms with Crippen LogP contribution in [0.2, 0.25) is 0 Å². The summed E-state index contributed by atoms with van der Waals surface area (Å²) in [6, 6.07) is 7.01. The molecule has 0 saturated heterocycles. The zero-order chi connectivity index (χ0) is 24.7. The summed E-state index contributed by atoms with van der Waals surface area (Å²) in [6.45, 7) is 22.0. The molecule has 1 aliphatic carbocycles. The summed E-state index contributed by atoms with van der Waals surface area (Å²) in [5.74, 6) is 2.16. The van der Waals surface area contributed by atoms with Gasteiger partial charge < -0.3 is 17.1 Å². The van der Waals surface area contributed by atoms with Crippen molar-refractivity contribution in [3.8, 4) is 0 Å². The van der Waals surface area contributed by atoms with Crippen LogP contribution in [-0.4, -0.2) is 10.7 Å². The quantitative estimate of drug-likeness (QED) is 0.466. The van der Waals surface area contributed by atoms with Crippen molar-refractivity contribution in [3.63, 3.8) is 0 Å². The molecule has 1 aromatic heterocycles. The molecule has 0 radical (unpaired) electrons. The van der Waals surface area contributed by atoms with Crippen LogP contribution in [0.1, 0.15) is 79.0 Å². The molecule has 1 fully saturated rings. The molecule has 0 N–H and O–H groups in total. The lowest BCUT2D eigenvalue weighted by molar-refractivity contribution is -0.663. The first-order valence-electron chi connectivity index (χ1n) is 13.2. The number of ether oxygens (including phenoxy) is 1. The van der Waals surface area contributed by atoms with E-state index in [4.69, 9.17) is 4.74 Å². The van der Waals surface area contributed by atoms with Crippen LogP contribution in [0.3, 0.4) is 0 Å². The summed E-state index contributed by atoms with van der Waals surface area (Å²) in [4.78, 5) is 0. The van der Waals surface area contributed by atoms with Crippen molar-refractivity contribution in [1.82, 2.24) is 4.57 Å². The van der Waals surface area contributed by atoms with Gasteiger partial charge in [0.2, 0.25) is 6.33 Å². The van der Waals surface area contributed by atoms with Gasteiger partial charge in [-0.1, -0.05) is 26.8 Å². The van der Waals surface area contributed by atoms with Crippen LogP contribution in [0, 0.1) is 59.3 Å². The molecular weight excluding hydrogens is 452 g/mol. The molecule has 0 amide bonds. The van der Waals surface area contributed by atoms with Crippen LogP contribution >= 0.6 is 0 Å². The maximum Gasteiger partial charge on any atom is 0.246 e. The summed E-state index contributed by atoms with van der Waals surface area (Å²) >= 11 is 0. The van der Waals surface area contributed by atoms with Crippen molar-refractivity contribution in [2.75, 3.05) is 0 Å². The second-order valence-electron chi connectivity index (χ2n) is 11.5. The minimum absolute atomic E-state index is 0. The Morgan fingerprint density at radius 2 is 1.54 bits per heavy atom. The lowest BCUT2D eigenvalue weighted by Crippen LogP contribution is -3.00. The van der Waals surface area contributed by atoms with Gasteiger partial charge in [0.15, 0.2) is 17.8 Å². The summed E-state index contributed by atoms with van der Waals surface area (Å²) in [6.07, 6.45) is 6.45. The van der Waals surface area contributed by atoms with E-state index in [9.17, 15) is 0 Å². The van der Waals surface area contributed by atoms with Gasteiger partial charge in [0.05, 0.1) is 6.10 Å². The molecule has 4 heteroatoms. The van der Waals surface area contributed by atoms with E-state index in [1.807, 2.05) is 0 Å². The second-order valence-corrected chi connectivity index (χ2v) is 11.5. The molecule has 0 aliphatic heterocycles. The molecule has 2 aromatic carbocycles. The first-order valence-corrected chi connectivity index (χ1v) is 13.2. The molecule has 3 nitrogen and oxygen atoms in total. The summed E-state index contributed by atoms with van der Waals surface area (Å²) in [5, 5.41) is 0.